The van der Waals surface area contributed by atoms with Crippen LogP contribution >= 0.6 is 7.82 Å². The van der Waals surface area contributed by atoms with E-state index in [1.54, 1.807) is 0 Å². The molecule has 0 rings (SSSR count). The number of ether oxygens (including phenoxy) is 2. The van der Waals surface area contributed by atoms with E-state index in [2.05, 4.69) is 74.6 Å². The second kappa shape index (κ2) is 41.9. The first kappa shape index (κ1) is 56.2. The van der Waals surface area contributed by atoms with Crippen LogP contribution in [0.5, 0.6) is 0 Å². The lowest BCUT2D eigenvalue weighted by Gasteiger charge is -2.24. The van der Waals surface area contributed by atoms with E-state index in [1.807, 2.05) is 21.1 Å². The number of likely N-dealkylation sites (N-methyl/N-ethyl adjacent to an activating group) is 1. The number of nitrogens with zero attached hydrogens (tertiary/aromatic N) is 1. The molecule has 58 heavy (non-hydrogen) atoms. The number of hydrogen-bond donors (Lipinski definition) is 1. The van der Waals surface area contributed by atoms with Crippen molar-refractivity contribution in [2.45, 2.75) is 193 Å². The van der Waals surface area contributed by atoms with Gasteiger partial charge in [-0.2, -0.15) is 0 Å². The van der Waals surface area contributed by atoms with E-state index in [0.717, 1.165) is 83.5 Å². The van der Waals surface area contributed by atoms with E-state index in [-0.39, 0.29) is 25.8 Å². The Kier molecular flexibility index (Phi) is 40.6. The molecular formula is C49H91NO7P+. The third-order valence-corrected chi connectivity index (χ3v) is 10.8. The predicted molar refractivity (Wildman–Crippen MR) is 247 cm³/mol. The normalized spacial score (nSPS) is 14.2. The summed E-state index contributed by atoms with van der Waals surface area (Å²) in [5.74, 6) is -0.323. The van der Waals surface area contributed by atoms with Crippen LogP contribution in [0.2, 0.25) is 0 Å². The molecule has 338 valence electrons. The van der Waals surface area contributed by atoms with Crippen LogP contribution in [0.4, 0.5) is 0 Å². The zero-order chi connectivity index (χ0) is 42.7. The van der Waals surface area contributed by atoms with Gasteiger partial charge in [0.15, 0.2) is 0 Å². The topological polar surface area (TPSA) is 91.3 Å². The van der Waals surface area contributed by atoms with Crippen LogP contribution in [0.25, 0.3) is 0 Å². The van der Waals surface area contributed by atoms with Crippen LogP contribution in [-0.4, -0.2) is 75.6 Å². The van der Waals surface area contributed by atoms with Crippen LogP contribution in [0.15, 0.2) is 60.8 Å². The average molecular weight is 837 g/mol. The van der Waals surface area contributed by atoms with Crippen molar-refractivity contribution in [2.75, 3.05) is 54.1 Å². The van der Waals surface area contributed by atoms with Crippen molar-refractivity contribution >= 4 is 13.8 Å². The fourth-order valence-corrected chi connectivity index (χ4v) is 6.97. The summed E-state index contributed by atoms with van der Waals surface area (Å²) in [6.07, 6.45) is 52.6. The lowest BCUT2D eigenvalue weighted by Crippen LogP contribution is -2.37. The number of hydrogen-bond acceptors (Lipinski definition) is 6. The summed E-state index contributed by atoms with van der Waals surface area (Å²) in [5.41, 5.74) is 0. The number of carbonyl (C=O) groups excluding carboxylic acids is 1. The van der Waals surface area contributed by atoms with E-state index in [0.29, 0.717) is 24.1 Å². The molecule has 0 saturated heterocycles. The summed E-state index contributed by atoms with van der Waals surface area (Å²) in [5, 5.41) is 0. The average Bonchev–Trinajstić information content (AvgIpc) is 3.18. The van der Waals surface area contributed by atoms with Gasteiger partial charge in [0.2, 0.25) is 0 Å². The van der Waals surface area contributed by atoms with Crippen molar-refractivity contribution in [2.24, 2.45) is 0 Å². The van der Waals surface area contributed by atoms with Gasteiger partial charge >= 0.3 is 13.8 Å². The number of quaternary nitrogens is 1. The minimum Gasteiger partial charge on any atom is -0.457 e. The molecule has 1 N–H and O–H groups in total. The first-order valence-corrected chi connectivity index (χ1v) is 25.0. The van der Waals surface area contributed by atoms with Crippen LogP contribution in [0, 0.1) is 0 Å². The van der Waals surface area contributed by atoms with E-state index in [1.165, 1.54) is 83.5 Å². The standard InChI is InChI=1S/C49H90NO7P/c1-6-8-10-12-14-16-18-20-22-24-25-26-27-29-31-33-35-37-39-41-44-54-46-48(47-56-58(52,53)55-45-43-50(3,4)5)57-49(51)42-40-38-36-34-32-30-28-23-21-19-17-15-13-11-9-7-2/h8,10,14,16,20,22,25-26,29,31,48H,6-7,9,11-13,15,17-19,21,23-24,27-28,30,32-47H2,1-5H3/p+1/b10-8-,16-14-,22-20-,26-25-,31-29-. The predicted octanol–water partition coefficient (Wildman–Crippen LogP) is 14.1. The van der Waals surface area contributed by atoms with Gasteiger partial charge in [0, 0.05) is 13.0 Å². The zero-order valence-electron chi connectivity index (χ0n) is 38.3. The van der Waals surface area contributed by atoms with Gasteiger partial charge in [-0.05, 0) is 57.8 Å². The van der Waals surface area contributed by atoms with Gasteiger partial charge in [0.05, 0.1) is 34.4 Å². The molecule has 9 heteroatoms. The van der Waals surface area contributed by atoms with Crippen LogP contribution < -0.4 is 0 Å². The maximum atomic E-state index is 12.7. The minimum absolute atomic E-state index is 0.0819. The molecule has 2 unspecified atom stereocenters. The molecule has 0 bridgehead atoms. The lowest BCUT2D eigenvalue weighted by molar-refractivity contribution is -0.870. The van der Waals surface area contributed by atoms with Crippen LogP contribution in [0.3, 0.4) is 0 Å². The van der Waals surface area contributed by atoms with E-state index < -0.39 is 13.9 Å². The van der Waals surface area contributed by atoms with Crippen LogP contribution in [0.1, 0.15) is 187 Å². The molecule has 0 aliphatic heterocycles. The summed E-state index contributed by atoms with van der Waals surface area (Å²) in [6, 6.07) is 0. The fraction of sp³-hybridized carbons (Fsp3) is 0.776. The SMILES string of the molecule is CC/C=C\C/C=C\C/C=C\C/C=C\C/C=C\CCCCCCOCC(COP(=O)(O)OCC[N+](C)(C)C)OC(=O)CCCCCCCCCCCCCCCCCC. The van der Waals surface area contributed by atoms with Gasteiger partial charge in [0.25, 0.3) is 0 Å². The number of unbranched alkanes of at least 4 members (excludes halogenated alkanes) is 19. The molecule has 0 spiro atoms. The van der Waals surface area contributed by atoms with Gasteiger partial charge in [-0.1, -0.05) is 184 Å². The zero-order valence-corrected chi connectivity index (χ0v) is 39.2. The number of phosphoric acid groups is 1. The fourth-order valence-electron chi connectivity index (χ4n) is 6.23. The molecular weight excluding hydrogens is 746 g/mol. The minimum atomic E-state index is -4.29. The summed E-state index contributed by atoms with van der Waals surface area (Å²) in [6.45, 7) is 5.45. The molecule has 0 radical (unpaired) electrons. The van der Waals surface area contributed by atoms with Crippen molar-refractivity contribution in [3.63, 3.8) is 0 Å². The Labute approximate surface area is 358 Å². The summed E-state index contributed by atoms with van der Waals surface area (Å²) < 4.78 is 35.0. The van der Waals surface area contributed by atoms with Crippen LogP contribution in [-0.2, 0) is 27.9 Å². The highest BCUT2D eigenvalue weighted by molar-refractivity contribution is 7.47. The Morgan fingerprint density at radius 1 is 0.552 bits per heavy atom. The molecule has 0 aromatic carbocycles. The highest BCUT2D eigenvalue weighted by Crippen LogP contribution is 2.43. The molecule has 0 fully saturated rings. The van der Waals surface area contributed by atoms with Gasteiger partial charge in [-0.3, -0.25) is 13.8 Å². The smallest absolute Gasteiger partial charge is 0.457 e. The molecule has 0 aromatic heterocycles. The molecule has 0 saturated carbocycles. The van der Waals surface area contributed by atoms with E-state index >= 15 is 0 Å². The quantitative estimate of drug-likeness (QED) is 0.0215. The summed E-state index contributed by atoms with van der Waals surface area (Å²) >= 11 is 0. The molecule has 8 nitrogen and oxygen atoms in total. The molecule has 0 amide bonds. The third-order valence-electron chi connectivity index (χ3n) is 9.84. The molecule has 0 heterocycles. The van der Waals surface area contributed by atoms with Crippen molar-refractivity contribution < 1.29 is 37.3 Å². The Hall–Kier alpha value is -1.80. The Balaban J connectivity index is 4.25. The van der Waals surface area contributed by atoms with Gasteiger partial charge in [0.1, 0.15) is 19.3 Å². The third kappa shape index (κ3) is 45.3. The van der Waals surface area contributed by atoms with Crippen molar-refractivity contribution in [3.8, 4) is 0 Å². The highest BCUT2D eigenvalue weighted by atomic mass is 31.2. The first-order chi connectivity index (χ1) is 28.1. The monoisotopic (exact) mass is 837 g/mol. The second-order valence-corrected chi connectivity index (χ2v) is 18.2. The van der Waals surface area contributed by atoms with E-state index in [4.69, 9.17) is 18.5 Å². The van der Waals surface area contributed by atoms with E-state index in [9.17, 15) is 14.3 Å². The van der Waals surface area contributed by atoms with Crippen molar-refractivity contribution in [3.05, 3.63) is 60.8 Å². The molecule has 2 atom stereocenters. The Morgan fingerprint density at radius 3 is 1.50 bits per heavy atom. The Bertz CT molecular complexity index is 1110. The maximum Gasteiger partial charge on any atom is 0.472 e. The number of esters is 1. The Morgan fingerprint density at radius 2 is 1.00 bits per heavy atom. The molecule has 0 aliphatic carbocycles. The second-order valence-electron chi connectivity index (χ2n) is 16.8. The maximum absolute atomic E-state index is 12.7. The highest BCUT2D eigenvalue weighted by Gasteiger charge is 2.26. The number of phosphoric ester groups is 1. The van der Waals surface area contributed by atoms with Gasteiger partial charge in [-0.15, -0.1) is 0 Å². The molecule has 0 aromatic rings. The summed E-state index contributed by atoms with van der Waals surface area (Å²) in [4.78, 5) is 22.9. The molecule has 0 aliphatic rings. The largest absolute Gasteiger partial charge is 0.472 e. The van der Waals surface area contributed by atoms with Crippen molar-refractivity contribution in [1.29, 1.82) is 0 Å². The summed E-state index contributed by atoms with van der Waals surface area (Å²) in [7, 11) is 1.65. The first-order valence-electron chi connectivity index (χ1n) is 23.5. The lowest BCUT2D eigenvalue weighted by atomic mass is 10.0. The van der Waals surface area contributed by atoms with Gasteiger partial charge in [-0.25, -0.2) is 4.57 Å². The number of allylic oxidation sites excluding steroid dienone is 10. The van der Waals surface area contributed by atoms with Crippen molar-refractivity contribution in [1.82, 2.24) is 0 Å². The number of rotatable bonds is 43. The van der Waals surface area contributed by atoms with Gasteiger partial charge < -0.3 is 18.9 Å². The number of carbonyl (C=O) groups is 1.